The van der Waals surface area contributed by atoms with Crippen LogP contribution in [0.1, 0.15) is 28.5 Å². The zero-order valence-corrected chi connectivity index (χ0v) is 17.9. The van der Waals surface area contributed by atoms with E-state index in [2.05, 4.69) is 10.2 Å². The highest BCUT2D eigenvalue weighted by Crippen LogP contribution is 2.20. The Labute approximate surface area is 187 Å². The minimum atomic E-state index is -1.53. The van der Waals surface area contributed by atoms with Crippen LogP contribution in [0.3, 0.4) is 0 Å². The zero-order chi connectivity index (χ0) is 23.7. The van der Waals surface area contributed by atoms with Crippen LogP contribution in [-0.4, -0.2) is 63.4 Å². The number of amidine groups is 2. The summed E-state index contributed by atoms with van der Waals surface area (Å²) in [4.78, 5) is 27.5. The van der Waals surface area contributed by atoms with Crippen molar-refractivity contribution in [2.45, 2.75) is 19.5 Å². The maximum Gasteiger partial charge on any atom is 0.272 e. The first-order valence-corrected chi connectivity index (χ1v) is 10.4. The van der Waals surface area contributed by atoms with E-state index in [1.807, 2.05) is 0 Å². The molecule has 3 N–H and O–H groups in total. The SMILES string of the molecule is CC(F)C(=N)N1CCN(C(=O)c2cc(Cc3n[nH]c(=O)c4ccccc34)ccc2F)CC1=N. The number of aromatic nitrogens is 2. The molecule has 0 aliphatic carbocycles. The van der Waals surface area contributed by atoms with Crippen molar-refractivity contribution < 1.29 is 13.6 Å². The number of alkyl halides is 1. The number of hydrogen-bond donors (Lipinski definition) is 3. The fraction of sp³-hybridized carbons (Fsp3) is 0.261. The molecule has 33 heavy (non-hydrogen) atoms. The van der Waals surface area contributed by atoms with E-state index >= 15 is 0 Å². The average Bonchev–Trinajstić information content (AvgIpc) is 2.81. The van der Waals surface area contributed by atoms with E-state index in [0.717, 1.165) is 0 Å². The van der Waals surface area contributed by atoms with Crippen LogP contribution < -0.4 is 5.56 Å². The van der Waals surface area contributed by atoms with Crippen LogP contribution in [0, 0.1) is 16.6 Å². The second kappa shape index (κ2) is 8.89. The molecule has 8 nitrogen and oxygen atoms in total. The molecule has 1 aliphatic heterocycles. The highest BCUT2D eigenvalue weighted by Gasteiger charge is 2.30. The lowest BCUT2D eigenvalue weighted by Crippen LogP contribution is -2.55. The lowest BCUT2D eigenvalue weighted by Gasteiger charge is -2.36. The van der Waals surface area contributed by atoms with Gasteiger partial charge in [0.2, 0.25) is 0 Å². The number of benzene rings is 2. The molecule has 3 aromatic rings. The van der Waals surface area contributed by atoms with Gasteiger partial charge in [-0.15, -0.1) is 0 Å². The fourth-order valence-electron chi connectivity index (χ4n) is 3.87. The summed E-state index contributed by atoms with van der Waals surface area (Å²) in [7, 11) is 0. The molecule has 170 valence electrons. The van der Waals surface area contributed by atoms with E-state index in [0.29, 0.717) is 22.0 Å². The van der Waals surface area contributed by atoms with Crippen LogP contribution in [-0.2, 0) is 6.42 Å². The molecule has 0 spiro atoms. The summed E-state index contributed by atoms with van der Waals surface area (Å²) in [6, 6.07) is 11.2. The number of carbonyl (C=O) groups excluding carboxylic acids is 1. The second-order valence-electron chi connectivity index (χ2n) is 7.86. The zero-order valence-electron chi connectivity index (χ0n) is 17.9. The molecule has 2 heterocycles. The summed E-state index contributed by atoms with van der Waals surface area (Å²) in [5.74, 6) is -1.70. The largest absolute Gasteiger partial charge is 0.329 e. The summed E-state index contributed by atoms with van der Waals surface area (Å²) in [5.41, 5.74) is 0.771. The van der Waals surface area contributed by atoms with E-state index in [4.69, 9.17) is 10.8 Å². The van der Waals surface area contributed by atoms with E-state index in [1.54, 1.807) is 30.3 Å². The number of fused-ring (bicyclic) bond motifs is 1. The van der Waals surface area contributed by atoms with Crippen molar-refractivity contribution in [3.05, 3.63) is 75.5 Å². The Kier molecular flexibility index (Phi) is 5.99. The smallest absolute Gasteiger partial charge is 0.272 e. The molecule has 1 aliphatic rings. The Hall–Kier alpha value is -3.95. The van der Waals surface area contributed by atoms with Crippen molar-refractivity contribution in [1.82, 2.24) is 20.0 Å². The van der Waals surface area contributed by atoms with Crippen LogP contribution in [0.15, 0.2) is 47.3 Å². The highest BCUT2D eigenvalue weighted by atomic mass is 19.1. The van der Waals surface area contributed by atoms with Crippen LogP contribution >= 0.6 is 0 Å². The lowest BCUT2D eigenvalue weighted by atomic mass is 10.0. The van der Waals surface area contributed by atoms with Crippen LogP contribution in [0.4, 0.5) is 8.78 Å². The lowest BCUT2D eigenvalue weighted by molar-refractivity contribution is 0.0751. The summed E-state index contributed by atoms with van der Waals surface area (Å²) >= 11 is 0. The third-order valence-electron chi connectivity index (χ3n) is 5.62. The molecule has 1 fully saturated rings. The summed E-state index contributed by atoms with van der Waals surface area (Å²) in [5, 5.41) is 23.6. The van der Waals surface area contributed by atoms with Crippen molar-refractivity contribution in [3.63, 3.8) is 0 Å². The first-order chi connectivity index (χ1) is 15.8. The van der Waals surface area contributed by atoms with Crippen LogP contribution in [0.25, 0.3) is 10.8 Å². The third kappa shape index (κ3) is 4.36. The Morgan fingerprint density at radius 2 is 1.94 bits per heavy atom. The number of carbonyl (C=O) groups is 1. The van der Waals surface area contributed by atoms with E-state index in [1.165, 1.54) is 28.9 Å². The van der Waals surface area contributed by atoms with Crippen molar-refractivity contribution >= 4 is 28.4 Å². The first kappa shape index (κ1) is 22.3. The number of hydrogen-bond acceptors (Lipinski definition) is 5. The van der Waals surface area contributed by atoms with Gasteiger partial charge in [0.1, 0.15) is 17.5 Å². The minimum Gasteiger partial charge on any atom is -0.329 e. The average molecular weight is 452 g/mol. The third-order valence-corrected chi connectivity index (χ3v) is 5.62. The Morgan fingerprint density at radius 3 is 2.64 bits per heavy atom. The Balaban J connectivity index is 1.57. The van der Waals surface area contributed by atoms with Crippen molar-refractivity contribution in [3.8, 4) is 0 Å². The standard InChI is InChI=1S/C23H22F2N6O2/c1-13(24)21(27)31-9-8-30(12-20(31)26)23(33)17-10-14(6-7-18(17)25)11-19-15-4-2-3-5-16(15)22(32)29-28-19/h2-7,10,13,26-27H,8-9,11-12H2,1H3,(H,29,32). The van der Waals surface area contributed by atoms with Crippen LogP contribution in [0.5, 0.6) is 0 Å². The van der Waals surface area contributed by atoms with Gasteiger partial charge in [0.15, 0.2) is 6.17 Å². The molecule has 2 aromatic carbocycles. The fourth-order valence-corrected chi connectivity index (χ4v) is 3.87. The molecule has 4 rings (SSSR count). The number of piperazine rings is 1. The molecule has 0 bridgehead atoms. The Bertz CT molecular complexity index is 1320. The highest BCUT2D eigenvalue weighted by molar-refractivity contribution is 6.04. The molecular weight excluding hydrogens is 430 g/mol. The molecule has 1 saturated heterocycles. The maximum atomic E-state index is 14.6. The maximum absolute atomic E-state index is 14.6. The van der Waals surface area contributed by atoms with Crippen molar-refractivity contribution in [2.24, 2.45) is 0 Å². The molecular formula is C23H22F2N6O2. The number of H-pyrrole nitrogens is 1. The van der Waals surface area contributed by atoms with Gasteiger partial charge in [0.25, 0.3) is 11.5 Å². The van der Waals surface area contributed by atoms with Gasteiger partial charge in [-0.3, -0.25) is 20.4 Å². The van der Waals surface area contributed by atoms with Gasteiger partial charge in [-0.1, -0.05) is 24.3 Å². The Morgan fingerprint density at radius 1 is 1.21 bits per heavy atom. The van der Waals surface area contributed by atoms with E-state index in [9.17, 15) is 18.4 Å². The van der Waals surface area contributed by atoms with Gasteiger partial charge in [-0.25, -0.2) is 13.9 Å². The molecule has 1 unspecified atom stereocenters. The number of rotatable bonds is 4. The predicted molar refractivity (Wildman–Crippen MR) is 120 cm³/mol. The summed E-state index contributed by atoms with van der Waals surface area (Å²) in [6.45, 7) is 1.29. The molecule has 10 heteroatoms. The minimum absolute atomic E-state index is 0.0895. The molecule has 1 amide bonds. The molecule has 0 radical (unpaired) electrons. The molecule has 0 saturated carbocycles. The van der Waals surface area contributed by atoms with Gasteiger partial charge in [-0.2, -0.15) is 5.10 Å². The number of nitrogens with one attached hydrogen (secondary N) is 3. The van der Waals surface area contributed by atoms with Crippen molar-refractivity contribution in [1.29, 1.82) is 10.8 Å². The number of halogens is 2. The normalized spacial score (nSPS) is 15.1. The molecule has 1 aromatic heterocycles. The summed E-state index contributed by atoms with van der Waals surface area (Å²) in [6.07, 6.45) is -1.26. The number of aromatic amines is 1. The summed E-state index contributed by atoms with van der Waals surface area (Å²) < 4.78 is 28.0. The second-order valence-corrected chi connectivity index (χ2v) is 7.86. The molecule has 1 atom stereocenters. The first-order valence-electron chi connectivity index (χ1n) is 10.4. The number of amides is 1. The van der Waals surface area contributed by atoms with Gasteiger partial charge < -0.3 is 9.80 Å². The van der Waals surface area contributed by atoms with Gasteiger partial charge >= 0.3 is 0 Å². The monoisotopic (exact) mass is 452 g/mol. The van der Waals surface area contributed by atoms with Gasteiger partial charge in [0, 0.05) is 24.9 Å². The number of nitrogens with zero attached hydrogens (tertiary/aromatic N) is 3. The topological polar surface area (TPSA) is 117 Å². The van der Waals surface area contributed by atoms with Gasteiger partial charge in [0.05, 0.1) is 23.2 Å². The quantitative estimate of drug-likeness (QED) is 0.417. The van der Waals surface area contributed by atoms with Gasteiger partial charge in [-0.05, 0) is 30.7 Å². The van der Waals surface area contributed by atoms with E-state index < -0.39 is 17.9 Å². The van der Waals surface area contributed by atoms with Crippen molar-refractivity contribution in [2.75, 3.05) is 19.6 Å². The van der Waals surface area contributed by atoms with Crippen LogP contribution in [0.2, 0.25) is 0 Å². The predicted octanol–water partition coefficient (Wildman–Crippen LogP) is 2.72. The van der Waals surface area contributed by atoms with E-state index in [-0.39, 0.29) is 48.8 Å².